The third-order valence-corrected chi connectivity index (χ3v) is 3.85. The predicted octanol–water partition coefficient (Wildman–Crippen LogP) is 3.33. The Bertz CT molecular complexity index is 584. The standard InChI is InChI=1S/C14H16F2N2O3/c1-14(5-3-2-4-6-14)17-13(19)9-7-10(15)11(16)8-12(9)18(20)21/h7-8H,2-6H2,1H3,(H,17,19). The zero-order valence-corrected chi connectivity index (χ0v) is 11.6. The van der Waals surface area contributed by atoms with Crippen molar-refractivity contribution in [3.63, 3.8) is 0 Å². The Morgan fingerprint density at radius 3 is 2.38 bits per heavy atom. The molecule has 1 aliphatic carbocycles. The minimum absolute atomic E-state index is 0.438. The van der Waals surface area contributed by atoms with Gasteiger partial charge >= 0.3 is 0 Å². The molecule has 1 N–H and O–H groups in total. The fraction of sp³-hybridized carbons (Fsp3) is 0.500. The highest BCUT2D eigenvalue weighted by atomic mass is 19.2. The minimum Gasteiger partial charge on any atom is -0.347 e. The number of hydrogen-bond donors (Lipinski definition) is 1. The van der Waals surface area contributed by atoms with Crippen molar-refractivity contribution in [1.29, 1.82) is 0 Å². The van der Waals surface area contributed by atoms with Crippen molar-refractivity contribution in [2.24, 2.45) is 0 Å². The Morgan fingerprint density at radius 2 is 1.81 bits per heavy atom. The summed E-state index contributed by atoms with van der Waals surface area (Å²) in [4.78, 5) is 22.2. The molecule has 21 heavy (non-hydrogen) atoms. The number of nitro groups is 1. The zero-order valence-electron chi connectivity index (χ0n) is 11.6. The molecule has 0 spiro atoms. The van der Waals surface area contributed by atoms with E-state index >= 15 is 0 Å². The van der Waals surface area contributed by atoms with Gasteiger partial charge in [-0.2, -0.15) is 0 Å². The van der Waals surface area contributed by atoms with Gasteiger partial charge in [0, 0.05) is 5.54 Å². The number of carbonyl (C=O) groups is 1. The number of benzene rings is 1. The van der Waals surface area contributed by atoms with Gasteiger partial charge in [0.1, 0.15) is 5.56 Å². The van der Waals surface area contributed by atoms with Gasteiger partial charge in [-0.05, 0) is 25.8 Å². The van der Waals surface area contributed by atoms with E-state index in [1.165, 1.54) is 0 Å². The Morgan fingerprint density at radius 1 is 1.24 bits per heavy atom. The summed E-state index contributed by atoms with van der Waals surface area (Å²) < 4.78 is 26.4. The smallest absolute Gasteiger partial charge is 0.285 e. The third kappa shape index (κ3) is 3.34. The Kier molecular flexibility index (Phi) is 4.20. The number of nitrogens with zero attached hydrogens (tertiary/aromatic N) is 1. The topological polar surface area (TPSA) is 72.2 Å². The van der Waals surface area contributed by atoms with Crippen molar-refractivity contribution in [1.82, 2.24) is 5.32 Å². The van der Waals surface area contributed by atoms with Crippen LogP contribution in [0.25, 0.3) is 0 Å². The second-order valence-electron chi connectivity index (χ2n) is 5.62. The molecule has 0 unspecified atom stereocenters. The molecule has 1 aliphatic rings. The first-order valence-electron chi connectivity index (χ1n) is 6.78. The van der Waals surface area contributed by atoms with E-state index in [4.69, 9.17) is 0 Å². The highest BCUT2D eigenvalue weighted by Crippen LogP contribution is 2.29. The van der Waals surface area contributed by atoms with Crippen LogP contribution in [0.2, 0.25) is 0 Å². The van der Waals surface area contributed by atoms with Gasteiger partial charge in [-0.3, -0.25) is 14.9 Å². The van der Waals surface area contributed by atoms with E-state index in [1.807, 2.05) is 6.92 Å². The molecular weight excluding hydrogens is 282 g/mol. The van der Waals surface area contributed by atoms with Crippen LogP contribution in [0.5, 0.6) is 0 Å². The number of carbonyl (C=O) groups excluding carboxylic acids is 1. The maximum atomic E-state index is 13.3. The van der Waals surface area contributed by atoms with Gasteiger partial charge in [0.25, 0.3) is 11.6 Å². The Hall–Kier alpha value is -2.05. The van der Waals surface area contributed by atoms with Crippen LogP contribution in [0.4, 0.5) is 14.5 Å². The number of halogens is 2. The van der Waals surface area contributed by atoms with Crippen LogP contribution in [0, 0.1) is 21.7 Å². The second-order valence-corrected chi connectivity index (χ2v) is 5.62. The van der Waals surface area contributed by atoms with Gasteiger partial charge in [0.15, 0.2) is 11.6 Å². The van der Waals surface area contributed by atoms with Crippen molar-refractivity contribution < 1.29 is 18.5 Å². The number of nitro benzene ring substituents is 1. The fourth-order valence-electron chi connectivity index (χ4n) is 2.67. The molecule has 0 atom stereocenters. The maximum absolute atomic E-state index is 13.3. The normalized spacial score (nSPS) is 17.3. The average molecular weight is 298 g/mol. The van der Waals surface area contributed by atoms with E-state index in [2.05, 4.69) is 5.32 Å². The summed E-state index contributed by atoms with van der Waals surface area (Å²) >= 11 is 0. The molecule has 0 radical (unpaired) electrons. The van der Waals surface area contributed by atoms with E-state index in [0.717, 1.165) is 32.1 Å². The van der Waals surface area contributed by atoms with Gasteiger partial charge in [-0.15, -0.1) is 0 Å². The molecule has 7 heteroatoms. The van der Waals surface area contributed by atoms with E-state index in [9.17, 15) is 23.7 Å². The SMILES string of the molecule is CC1(NC(=O)c2cc(F)c(F)cc2[N+](=O)[O-])CCCCC1. The van der Waals surface area contributed by atoms with Crippen LogP contribution in [0.3, 0.4) is 0 Å². The van der Waals surface area contributed by atoms with Crippen LogP contribution in [0.15, 0.2) is 12.1 Å². The van der Waals surface area contributed by atoms with Gasteiger partial charge in [-0.25, -0.2) is 8.78 Å². The summed E-state index contributed by atoms with van der Waals surface area (Å²) in [6.07, 6.45) is 4.51. The fourth-order valence-corrected chi connectivity index (χ4v) is 2.67. The van der Waals surface area contributed by atoms with Gasteiger partial charge < -0.3 is 5.32 Å². The molecule has 114 valence electrons. The molecule has 0 saturated heterocycles. The third-order valence-electron chi connectivity index (χ3n) is 3.85. The molecule has 1 saturated carbocycles. The van der Waals surface area contributed by atoms with Crippen LogP contribution >= 0.6 is 0 Å². The van der Waals surface area contributed by atoms with Gasteiger partial charge in [0.2, 0.25) is 0 Å². The lowest BCUT2D eigenvalue weighted by Crippen LogP contribution is -2.47. The van der Waals surface area contributed by atoms with Gasteiger partial charge in [0.05, 0.1) is 11.0 Å². The van der Waals surface area contributed by atoms with E-state index in [0.29, 0.717) is 12.1 Å². The molecule has 5 nitrogen and oxygen atoms in total. The zero-order chi connectivity index (χ0) is 15.6. The average Bonchev–Trinajstić information content (AvgIpc) is 2.41. The summed E-state index contributed by atoms with van der Waals surface area (Å²) in [5, 5.41) is 13.6. The van der Waals surface area contributed by atoms with Crippen LogP contribution in [-0.2, 0) is 0 Å². The summed E-state index contributed by atoms with van der Waals surface area (Å²) in [6.45, 7) is 1.86. The molecule has 0 heterocycles. The minimum atomic E-state index is -1.35. The Balaban J connectivity index is 2.30. The predicted molar refractivity (Wildman–Crippen MR) is 72.0 cm³/mol. The quantitative estimate of drug-likeness (QED) is 0.687. The lowest BCUT2D eigenvalue weighted by molar-refractivity contribution is -0.385. The van der Waals surface area contributed by atoms with Crippen LogP contribution < -0.4 is 5.32 Å². The Labute approximate surface area is 120 Å². The molecule has 2 rings (SSSR count). The number of amides is 1. The van der Waals surface area contributed by atoms with Crippen LogP contribution in [0.1, 0.15) is 49.4 Å². The first-order chi connectivity index (χ1) is 9.82. The molecule has 0 aromatic heterocycles. The summed E-state index contributed by atoms with van der Waals surface area (Å²) in [6, 6.07) is 1.02. The van der Waals surface area contributed by atoms with Crippen molar-refractivity contribution in [2.45, 2.75) is 44.6 Å². The molecule has 1 fully saturated rings. The first kappa shape index (κ1) is 15.3. The molecule has 0 aliphatic heterocycles. The second kappa shape index (κ2) is 5.75. The monoisotopic (exact) mass is 298 g/mol. The summed E-state index contributed by atoms with van der Waals surface area (Å²) in [7, 11) is 0. The summed E-state index contributed by atoms with van der Waals surface area (Å²) in [5.74, 6) is -3.37. The molecular formula is C14H16F2N2O3. The van der Waals surface area contributed by atoms with E-state index < -0.39 is 39.3 Å². The number of hydrogen-bond acceptors (Lipinski definition) is 3. The molecule has 1 amide bonds. The largest absolute Gasteiger partial charge is 0.347 e. The molecule has 0 bridgehead atoms. The molecule has 1 aromatic rings. The first-order valence-corrected chi connectivity index (χ1v) is 6.78. The summed E-state index contributed by atoms with van der Waals surface area (Å²) in [5.41, 5.74) is -1.65. The van der Waals surface area contributed by atoms with Crippen LogP contribution in [-0.4, -0.2) is 16.4 Å². The molecule has 1 aromatic carbocycles. The highest BCUT2D eigenvalue weighted by Gasteiger charge is 2.31. The number of nitrogens with one attached hydrogen (secondary N) is 1. The lowest BCUT2D eigenvalue weighted by Gasteiger charge is -2.34. The van der Waals surface area contributed by atoms with E-state index in [1.54, 1.807) is 0 Å². The van der Waals surface area contributed by atoms with Crippen molar-refractivity contribution in [2.75, 3.05) is 0 Å². The van der Waals surface area contributed by atoms with Crippen molar-refractivity contribution in [3.05, 3.63) is 39.4 Å². The van der Waals surface area contributed by atoms with Crippen molar-refractivity contribution >= 4 is 11.6 Å². The van der Waals surface area contributed by atoms with Gasteiger partial charge in [-0.1, -0.05) is 19.3 Å². The number of rotatable bonds is 3. The van der Waals surface area contributed by atoms with Crippen molar-refractivity contribution in [3.8, 4) is 0 Å². The maximum Gasteiger partial charge on any atom is 0.285 e. The van der Waals surface area contributed by atoms with E-state index in [-0.39, 0.29) is 0 Å². The highest BCUT2D eigenvalue weighted by molar-refractivity contribution is 5.98. The lowest BCUT2D eigenvalue weighted by atomic mass is 9.83.